The lowest BCUT2D eigenvalue weighted by molar-refractivity contribution is 0.0239. The van der Waals surface area contributed by atoms with Gasteiger partial charge in [0.25, 0.3) is 0 Å². The van der Waals surface area contributed by atoms with E-state index in [-0.39, 0.29) is 0 Å². The second-order valence-electron chi connectivity index (χ2n) is 3.96. The molecule has 1 rings (SSSR count). The minimum Gasteiger partial charge on any atom is -0.389 e. The third-order valence-corrected chi connectivity index (χ3v) is 2.37. The lowest BCUT2D eigenvalue weighted by Gasteiger charge is -2.20. The standard InChI is InChI=1S/C11H21N3O2/c1-4-16-9-10(15)7-13(2)8-11-12-5-6-14(11)3/h5-6,10,15H,4,7-9H2,1-3H3. The first-order valence-corrected chi connectivity index (χ1v) is 5.54. The first kappa shape index (κ1) is 13.2. The van der Waals surface area contributed by atoms with E-state index in [9.17, 15) is 5.11 Å². The van der Waals surface area contributed by atoms with Gasteiger partial charge < -0.3 is 14.4 Å². The number of aliphatic hydroxyl groups is 1. The van der Waals surface area contributed by atoms with E-state index < -0.39 is 6.10 Å². The fraction of sp³-hybridized carbons (Fsp3) is 0.727. The van der Waals surface area contributed by atoms with Crippen molar-refractivity contribution in [1.29, 1.82) is 0 Å². The lowest BCUT2D eigenvalue weighted by Crippen LogP contribution is -2.32. The van der Waals surface area contributed by atoms with Crippen LogP contribution >= 0.6 is 0 Å². The van der Waals surface area contributed by atoms with Crippen molar-refractivity contribution in [3.63, 3.8) is 0 Å². The molecule has 0 saturated heterocycles. The van der Waals surface area contributed by atoms with Crippen LogP contribution in [0.1, 0.15) is 12.7 Å². The zero-order chi connectivity index (χ0) is 12.0. The summed E-state index contributed by atoms with van der Waals surface area (Å²) in [6, 6.07) is 0. The molecule has 0 aromatic carbocycles. The van der Waals surface area contributed by atoms with Gasteiger partial charge in [-0.1, -0.05) is 0 Å². The molecule has 0 fully saturated rings. The van der Waals surface area contributed by atoms with Crippen LogP contribution in [0.3, 0.4) is 0 Å². The van der Waals surface area contributed by atoms with E-state index in [1.165, 1.54) is 0 Å². The molecule has 1 aromatic heterocycles. The number of aliphatic hydroxyl groups excluding tert-OH is 1. The summed E-state index contributed by atoms with van der Waals surface area (Å²) >= 11 is 0. The predicted molar refractivity (Wildman–Crippen MR) is 62.0 cm³/mol. The summed E-state index contributed by atoms with van der Waals surface area (Å²) in [6.07, 6.45) is 3.25. The van der Waals surface area contributed by atoms with Crippen LogP contribution in [0.25, 0.3) is 0 Å². The number of ether oxygens (including phenoxy) is 1. The molecular weight excluding hydrogens is 206 g/mol. The van der Waals surface area contributed by atoms with Crippen LogP contribution in [0.15, 0.2) is 12.4 Å². The van der Waals surface area contributed by atoms with E-state index in [1.807, 2.05) is 36.7 Å². The van der Waals surface area contributed by atoms with Crippen LogP contribution in [0.5, 0.6) is 0 Å². The van der Waals surface area contributed by atoms with Crippen LogP contribution in [-0.2, 0) is 18.3 Å². The molecule has 0 aliphatic rings. The topological polar surface area (TPSA) is 50.5 Å². The highest BCUT2D eigenvalue weighted by Gasteiger charge is 2.10. The van der Waals surface area contributed by atoms with Crippen molar-refractivity contribution in [3.8, 4) is 0 Å². The highest BCUT2D eigenvalue weighted by atomic mass is 16.5. The van der Waals surface area contributed by atoms with Crippen LogP contribution in [0.2, 0.25) is 0 Å². The SMILES string of the molecule is CCOCC(O)CN(C)Cc1nccn1C. The summed E-state index contributed by atoms with van der Waals surface area (Å²) < 4.78 is 7.14. The molecule has 1 heterocycles. The zero-order valence-corrected chi connectivity index (χ0v) is 10.3. The molecule has 0 amide bonds. The van der Waals surface area contributed by atoms with Crippen LogP contribution in [-0.4, -0.2) is 52.5 Å². The van der Waals surface area contributed by atoms with E-state index in [0.717, 1.165) is 12.4 Å². The largest absolute Gasteiger partial charge is 0.389 e. The van der Waals surface area contributed by atoms with Gasteiger partial charge in [-0.3, -0.25) is 4.90 Å². The number of imidazole rings is 1. The average Bonchev–Trinajstić information content (AvgIpc) is 2.61. The van der Waals surface area contributed by atoms with Crippen LogP contribution in [0.4, 0.5) is 0 Å². The van der Waals surface area contributed by atoms with Gasteiger partial charge in [-0.2, -0.15) is 0 Å². The highest BCUT2D eigenvalue weighted by Crippen LogP contribution is 2.00. The molecule has 0 saturated carbocycles. The van der Waals surface area contributed by atoms with E-state index in [2.05, 4.69) is 4.98 Å². The number of hydrogen-bond acceptors (Lipinski definition) is 4. The zero-order valence-electron chi connectivity index (χ0n) is 10.3. The van der Waals surface area contributed by atoms with Crippen molar-refractivity contribution >= 4 is 0 Å². The molecular formula is C11H21N3O2. The second kappa shape index (κ2) is 6.62. The number of hydrogen-bond donors (Lipinski definition) is 1. The normalized spacial score (nSPS) is 13.3. The Morgan fingerprint density at radius 2 is 2.38 bits per heavy atom. The van der Waals surface area contributed by atoms with Crippen molar-refractivity contribution in [2.45, 2.75) is 19.6 Å². The molecule has 5 heteroatoms. The maximum absolute atomic E-state index is 9.65. The number of rotatable bonds is 7. The van der Waals surface area contributed by atoms with Crippen molar-refractivity contribution in [2.75, 3.05) is 26.8 Å². The third kappa shape index (κ3) is 4.30. The van der Waals surface area contributed by atoms with Crippen molar-refractivity contribution in [2.24, 2.45) is 7.05 Å². The van der Waals surface area contributed by atoms with E-state index in [1.54, 1.807) is 6.20 Å². The smallest absolute Gasteiger partial charge is 0.122 e. The molecule has 1 aromatic rings. The molecule has 5 nitrogen and oxygen atoms in total. The molecule has 1 atom stereocenters. The van der Waals surface area contributed by atoms with Gasteiger partial charge in [0.05, 0.1) is 19.3 Å². The summed E-state index contributed by atoms with van der Waals surface area (Å²) in [6.45, 7) is 4.27. The van der Waals surface area contributed by atoms with E-state index in [4.69, 9.17) is 4.74 Å². The Morgan fingerprint density at radius 1 is 1.62 bits per heavy atom. The molecule has 0 spiro atoms. The van der Waals surface area contributed by atoms with Gasteiger partial charge in [-0.05, 0) is 14.0 Å². The fourth-order valence-electron chi connectivity index (χ4n) is 1.52. The summed E-state index contributed by atoms with van der Waals surface area (Å²) in [5.41, 5.74) is 0. The Labute approximate surface area is 96.7 Å². The van der Waals surface area contributed by atoms with Gasteiger partial charge in [0.2, 0.25) is 0 Å². The number of aryl methyl sites for hydroxylation is 1. The summed E-state index contributed by atoms with van der Waals surface area (Å²) in [4.78, 5) is 6.27. The molecule has 0 aliphatic carbocycles. The summed E-state index contributed by atoms with van der Waals surface area (Å²) in [5.74, 6) is 0.992. The molecule has 1 N–H and O–H groups in total. The Hall–Kier alpha value is -0.910. The summed E-state index contributed by atoms with van der Waals surface area (Å²) in [7, 11) is 3.93. The van der Waals surface area contributed by atoms with Gasteiger partial charge in [-0.25, -0.2) is 4.98 Å². The third-order valence-electron chi connectivity index (χ3n) is 2.37. The van der Waals surface area contributed by atoms with Crippen molar-refractivity contribution in [1.82, 2.24) is 14.5 Å². The van der Waals surface area contributed by atoms with E-state index >= 15 is 0 Å². The molecule has 0 bridgehead atoms. The Balaban J connectivity index is 2.30. The first-order valence-electron chi connectivity index (χ1n) is 5.54. The predicted octanol–water partition coefficient (Wildman–Crippen LogP) is 0.249. The highest BCUT2D eigenvalue weighted by molar-refractivity contribution is 4.90. The maximum Gasteiger partial charge on any atom is 0.122 e. The Bertz CT molecular complexity index is 301. The Kier molecular flexibility index (Phi) is 5.45. The lowest BCUT2D eigenvalue weighted by atomic mass is 10.3. The minimum atomic E-state index is -0.440. The number of nitrogens with zero attached hydrogens (tertiary/aromatic N) is 3. The minimum absolute atomic E-state index is 0.390. The van der Waals surface area contributed by atoms with Crippen molar-refractivity contribution in [3.05, 3.63) is 18.2 Å². The Morgan fingerprint density at radius 3 is 2.94 bits per heavy atom. The van der Waals surface area contributed by atoms with Gasteiger partial charge in [0, 0.05) is 32.6 Å². The van der Waals surface area contributed by atoms with Crippen molar-refractivity contribution < 1.29 is 9.84 Å². The second-order valence-corrected chi connectivity index (χ2v) is 3.96. The van der Waals surface area contributed by atoms with E-state index in [0.29, 0.717) is 19.8 Å². The first-order chi connectivity index (χ1) is 7.63. The molecule has 0 radical (unpaired) electrons. The van der Waals surface area contributed by atoms with Gasteiger partial charge in [0.1, 0.15) is 5.82 Å². The van der Waals surface area contributed by atoms with Crippen LogP contribution < -0.4 is 0 Å². The number of likely N-dealkylation sites (N-methyl/N-ethyl adjacent to an activating group) is 1. The fourth-order valence-corrected chi connectivity index (χ4v) is 1.52. The average molecular weight is 227 g/mol. The van der Waals surface area contributed by atoms with Crippen LogP contribution in [0, 0.1) is 0 Å². The molecule has 1 unspecified atom stereocenters. The molecule has 0 aliphatic heterocycles. The monoisotopic (exact) mass is 227 g/mol. The molecule has 92 valence electrons. The molecule has 16 heavy (non-hydrogen) atoms. The van der Waals surface area contributed by atoms with Gasteiger partial charge in [0.15, 0.2) is 0 Å². The number of aromatic nitrogens is 2. The van der Waals surface area contributed by atoms with Gasteiger partial charge >= 0.3 is 0 Å². The maximum atomic E-state index is 9.65. The van der Waals surface area contributed by atoms with Gasteiger partial charge in [-0.15, -0.1) is 0 Å². The quantitative estimate of drug-likeness (QED) is 0.725. The summed E-state index contributed by atoms with van der Waals surface area (Å²) in [5, 5.41) is 9.65.